The minimum atomic E-state index is -4.43. The maximum absolute atomic E-state index is 12.8. The maximum Gasteiger partial charge on any atom is 0.416 e. The zero-order chi connectivity index (χ0) is 19.5. The molecule has 1 N–H and O–H groups in total. The van der Waals surface area contributed by atoms with Crippen molar-refractivity contribution in [3.05, 3.63) is 70.2 Å². The first-order valence-electron chi connectivity index (χ1n) is 8.18. The summed E-state index contributed by atoms with van der Waals surface area (Å²) in [5, 5.41) is 3.45. The van der Waals surface area contributed by atoms with E-state index in [9.17, 15) is 18.0 Å². The number of hydrogen-bond acceptors (Lipinski definition) is 1. The van der Waals surface area contributed by atoms with E-state index in [4.69, 9.17) is 11.6 Å². The molecule has 140 valence electrons. The Morgan fingerprint density at radius 3 is 2.31 bits per heavy atom. The minimum Gasteiger partial charge on any atom is -0.348 e. The highest BCUT2D eigenvalue weighted by atomic mass is 35.5. The van der Waals surface area contributed by atoms with Crippen molar-refractivity contribution in [3.63, 3.8) is 0 Å². The van der Waals surface area contributed by atoms with Gasteiger partial charge in [0.25, 0.3) is 0 Å². The van der Waals surface area contributed by atoms with Crippen LogP contribution in [-0.4, -0.2) is 5.91 Å². The van der Waals surface area contributed by atoms with Gasteiger partial charge in [-0.25, -0.2) is 0 Å². The molecule has 0 fully saturated rings. The summed E-state index contributed by atoms with van der Waals surface area (Å²) in [5.74, 6) is -0.357. The summed E-state index contributed by atoms with van der Waals surface area (Å²) in [6, 6.07) is 11.7. The Labute approximate surface area is 156 Å². The van der Waals surface area contributed by atoms with Gasteiger partial charge >= 0.3 is 6.18 Å². The number of benzene rings is 2. The first kappa shape index (κ1) is 20.3. The summed E-state index contributed by atoms with van der Waals surface area (Å²) in [7, 11) is 0. The van der Waals surface area contributed by atoms with Crippen LogP contribution in [0.1, 0.15) is 43.5 Å². The molecule has 0 bridgehead atoms. The number of nitrogens with one attached hydrogen (secondary N) is 1. The first-order valence-corrected chi connectivity index (χ1v) is 8.56. The second-order valence-corrected chi connectivity index (χ2v) is 7.67. The highest BCUT2D eigenvalue weighted by Gasteiger charge is 2.31. The van der Waals surface area contributed by atoms with Gasteiger partial charge in [0.15, 0.2) is 0 Å². The van der Waals surface area contributed by atoms with E-state index in [2.05, 4.69) is 5.32 Å². The summed E-state index contributed by atoms with van der Waals surface area (Å²) in [5.41, 5.74) is -0.00134. The molecule has 0 radical (unpaired) electrons. The Morgan fingerprint density at radius 1 is 1.08 bits per heavy atom. The normalized spacial score (nSPS) is 13.3. The molecule has 6 heteroatoms. The third-order valence-corrected chi connectivity index (χ3v) is 4.35. The average Bonchev–Trinajstić information content (AvgIpc) is 2.52. The van der Waals surface area contributed by atoms with Crippen LogP contribution in [0.25, 0.3) is 0 Å². The summed E-state index contributed by atoms with van der Waals surface area (Å²) >= 11 is 6.26. The summed E-state index contributed by atoms with van der Waals surface area (Å²) < 4.78 is 38.5. The van der Waals surface area contributed by atoms with Gasteiger partial charge in [0, 0.05) is 5.02 Å². The third kappa shape index (κ3) is 5.24. The lowest BCUT2D eigenvalue weighted by atomic mass is 9.82. The lowest BCUT2D eigenvalue weighted by Crippen LogP contribution is -2.37. The van der Waals surface area contributed by atoms with Gasteiger partial charge in [-0.05, 0) is 28.7 Å². The Balaban J connectivity index is 2.20. The molecule has 26 heavy (non-hydrogen) atoms. The van der Waals surface area contributed by atoms with Gasteiger partial charge in [-0.15, -0.1) is 0 Å². The van der Waals surface area contributed by atoms with Gasteiger partial charge in [-0.3, -0.25) is 4.79 Å². The molecule has 2 rings (SSSR count). The van der Waals surface area contributed by atoms with Crippen LogP contribution in [0, 0.1) is 5.41 Å². The van der Waals surface area contributed by atoms with Crippen LogP contribution >= 0.6 is 11.6 Å². The number of rotatable bonds is 4. The Morgan fingerprint density at radius 2 is 1.73 bits per heavy atom. The molecule has 2 aromatic carbocycles. The van der Waals surface area contributed by atoms with E-state index in [-0.39, 0.29) is 23.8 Å². The second-order valence-electron chi connectivity index (χ2n) is 7.26. The maximum atomic E-state index is 12.8. The quantitative estimate of drug-likeness (QED) is 0.709. The van der Waals surface area contributed by atoms with Crippen LogP contribution in [0.5, 0.6) is 0 Å². The molecule has 0 saturated heterocycles. The van der Waals surface area contributed by atoms with Gasteiger partial charge in [0.1, 0.15) is 0 Å². The molecule has 0 aromatic heterocycles. The van der Waals surface area contributed by atoms with Crippen LogP contribution in [-0.2, 0) is 17.4 Å². The number of hydrogen-bond donors (Lipinski definition) is 1. The monoisotopic (exact) mass is 383 g/mol. The lowest BCUT2D eigenvalue weighted by molar-refractivity contribution is -0.137. The fourth-order valence-electron chi connectivity index (χ4n) is 2.73. The Hall–Kier alpha value is -2.01. The van der Waals surface area contributed by atoms with Crippen molar-refractivity contribution in [3.8, 4) is 0 Å². The highest BCUT2D eigenvalue weighted by molar-refractivity contribution is 6.31. The zero-order valence-electron chi connectivity index (χ0n) is 14.8. The van der Waals surface area contributed by atoms with E-state index in [1.807, 2.05) is 32.9 Å². The van der Waals surface area contributed by atoms with Crippen LogP contribution in [0.4, 0.5) is 13.2 Å². The minimum absolute atomic E-state index is 0.138. The lowest BCUT2D eigenvalue weighted by Gasteiger charge is -2.32. The van der Waals surface area contributed by atoms with E-state index in [0.717, 1.165) is 17.7 Å². The summed E-state index contributed by atoms with van der Waals surface area (Å²) in [4.78, 5) is 12.5. The van der Waals surface area contributed by atoms with Crippen molar-refractivity contribution in [2.45, 2.75) is 39.4 Å². The molecular formula is C20H21ClF3NO. The van der Waals surface area contributed by atoms with E-state index >= 15 is 0 Å². The van der Waals surface area contributed by atoms with Crippen molar-refractivity contribution < 1.29 is 18.0 Å². The molecule has 2 aromatic rings. The van der Waals surface area contributed by atoms with Crippen molar-refractivity contribution >= 4 is 17.5 Å². The fourth-order valence-corrected chi connectivity index (χ4v) is 2.97. The van der Waals surface area contributed by atoms with E-state index in [0.29, 0.717) is 10.6 Å². The molecule has 1 unspecified atom stereocenters. The molecule has 0 spiro atoms. The fraction of sp³-hybridized carbons (Fsp3) is 0.350. The van der Waals surface area contributed by atoms with Gasteiger partial charge in [0.2, 0.25) is 5.91 Å². The smallest absolute Gasteiger partial charge is 0.348 e. The number of carbonyl (C=O) groups excluding carboxylic acids is 1. The molecule has 0 heterocycles. The van der Waals surface area contributed by atoms with E-state index < -0.39 is 11.7 Å². The number of amides is 1. The predicted molar refractivity (Wildman–Crippen MR) is 96.9 cm³/mol. The van der Waals surface area contributed by atoms with Crippen molar-refractivity contribution in [1.29, 1.82) is 0 Å². The summed E-state index contributed by atoms with van der Waals surface area (Å²) in [6.07, 6.45) is -4.57. The van der Waals surface area contributed by atoms with Gasteiger partial charge in [0.05, 0.1) is 18.0 Å². The first-order chi connectivity index (χ1) is 12.0. The van der Waals surface area contributed by atoms with Crippen LogP contribution in [0.2, 0.25) is 5.02 Å². The summed E-state index contributed by atoms with van der Waals surface area (Å²) in [6.45, 7) is 5.89. The average molecular weight is 384 g/mol. The van der Waals surface area contributed by atoms with E-state index in [1.54, 1.807) is 12.1 Å². The van der Waals surface area contributed by atoms with Crippen molar-refractivity contribution in [1.82, 2.24) is 5.32 Å². The van der Waals surface area contributed by atoms with Crippen molar-refractivity contribution in [2.75, 3.05) is 0 Å². The van der Waals surface area contributed by atoms with Gasteiger partial charge < -0.3 is 5.32 Å². The Kier molecular flexibility index (Phi) is 6.02. The van der Waals surface area contributed by atoms with Gasteiger partial charge in [-0.1, -0.05) is 68.8 Å². The molecule has 2 nitrogen and oxygen atoms in total. The molecule has 0 saturated carbocycles. The third-order valence-electron chi connectivity index (χ3n) is 4.01. The highest BCUT2D eigenvalue weighted by Crippen LogP contribution is 2.36. The molecule has 0 aliphatic heterocycles. The van der Waals surface area contributed by atoms with Crippen LogP contribution in [0.15, 0.2) is 48.5 Å². The van der Waals surface area contributed by atoms with Crippen LogP contribution < -0.4 is 5.32 Å². The van der Waals surface area contributed by atoms with Crippen LogP contribution in [0.3, 0.4) is 0 Å². The van der Waals surface area contributed by atoms with E-state index in [1.165, 1.54) is 12.1 Å². The second kappa shape index (κ2) is 7.70. The number of halogens is 4. The SMILES string of the molecule is CC(C)(C)C(NC(=O)Cc1cccc(C(F)(F)F)c1)c1ccccc1Cl. The predicted octanol–water partition coefficient (Wildman–Crippen LogP) is 5.80. The number of alkyl halides is 3. The molecule has 0 aliphatic rings. The number of carbonyl (C=O) groups is 1. The topological polar surface area (TPSA) is 29.1 Å². The zero-order valence-corrected chi connectivity index (χ0v) is 15.6. The molecule has 1 amide bonds. The molecule has 0 aliphatic carbocycles. The standard InChI is InChI=1S/C20H21ClF3NO/c1-19(2,3)18(15-9-4-5-10-16(15)21)25-17(26)12-13-7-6-8-14(11-13)20(22,23)24/h4-11,18H,12H2,1-3H3,(H,25,26). The largest absolute Gasteiger partial charge is 0.416 e. The van der Waals surface area contributed by atoms with Crippen molar-refractivity contribution in [2.24, 2.45) is 5.41 Å². The Bertz CT molecular complexity index is 781. The molecular weight excluding hydrogens is 363 g/mol. The molecule has 1 atom stereocenters. The van der Waals surface area contributed by atoms with Gasteiger partial charge in [-0.2, -0.15) is 13.2 Å².